The predicted octanol–water partition coefficient (Wildman–Crippen LogP) is 2.71. The van der Waals surface area contributed by atoms with Crippen LogP contribution in [0.15, 0.2) is 30.5 Å². The largest absolute Gasteiger partial charge is 0.398 e. The Bertz CT molecular complexity index is 542. The standard InChI is InChI=1S/C14H17N3/c1-10-6-7-11-8-16-14(17(11)9-10)12-4-2-3-5-13(12)15/h2-5,8,10H,6-7,9,15H2,1H3. The van der Waals surface area contributed by atoms with Gasteiger partial charge in [-0.05, 0) is 30.9 Å². The summed E-state index contributed by atoms with van der Waals surface area (Å²) < 4.78 is 2.32. The smallest absolute Gasteiger partial charge is 0.142 e. The monoisotopic (exact) mass is 227 g/mol. The summed E-state index contributed by atoms with van der Waals surface area (Å²) in [5.74, 6) is 1.74. The van der Waals surface area contributed by atoms with Crippen molar-refractivity contribution in [2.45, 2.75) is 26.3 Å². The van der Waals surface area contributed by atoms with E-state index in [2.05, 4.69) is 16.5 Å². The molecule has 0 radical (unpaired) electrons. The number of fused-ring (bicyclic) bond motifs is 1. The van der Waals surface area contributed by atoms with Gasteiger partial charge in [-0.15, -0.1) is 0 Å². The lowest BCUT2D eigenvalue weighted by molar-refractivity contribution is 0.402. The number of anilines is 1. The van der Waals surface area contributed by atoms with Gasteiger partial charge in [0.05, 0.1) is 0 Å². The van der Waals surface area contributed by atoms with E-state index in [0.717, 1.165) is 36.0 Å². The van der Waals surface area contributed by atoms with E-state index in [1.165, 1.54) is 12.1 Å². The highest BCUT2D eigenvalue weighted by molar-refractivity contribution is 5.71. The fourth-order valence-corrected chi connectivity index (χ4v) is 2.53. The number of nitrogens with zero attached hydrogens (tertiary/aromatic N) is 2. The van der Waals surface area contributed by atoms with Crippen molar-refractivity contribution in [1.29, 1.82) is 0 Å². The van der Waals surface area contributed by atoms with Crippen LogP contribution in [0.2, 0.25) is 0 Å². The van der Waals surface area contributed by atoms with Gasteiger partial charge in [0.25, 0.3) is 0 Å². The molecule has 0 aliphatic carbocycles. The molecule has 2 aromatic rings. The quantitative estimate of drug-likeness (QED) is 0.761. The molecule has 3 heteroatoms. The zero-order valence-electron chi connectivity index (χ0n) is 10.1. The average molecular weight is 227 g/mol. The van der Waals surface area contributed by atoms with Crippen LogP contribution >= 0.6 is 0 Å². The summed E-state index contributed by atoms with van der Waals surface area (Å²) in [4.78, 5) is 4.55. The molecule has 0 bridgehead atoms. The Labute approximate surface area is 101 Å². The number of imidazole rings is 1. The molecule has 1 aromatic heterocycles. The first-order valence-corrected chi connectivity index (χ1v) is 6.15. The number of aromatic nitrogens is 2. The Balaban J connectivity index is 2.11. The average Bonchev–Trinajstić information content (AvgIpc) is 2.72. The minimum Gasteiger partial charge on any atom is -0.398 e. The summed E-state index contributed by atoms with van der Waals surface area (Å²) in [5, 5.41) is 0. The van der Waals surface area contributed by atoms with Crippen molar-refractivity contribution in [2.75, 3.05) is 5.73 Å². The SMILES string of the molecule is CC1CCc2cnc(-c3ccccc3N)n2C1. The van der Waals surface area contributed by atoms with Gasteiger partial charge in [-0.1, -0.05) is 19.1 Å². The van der Waals surface area contributed by atoms with Gasteiger partial charge < -0.3 is 10.3 Å². The second-order valence-corrected chi connectivity index (χ2v) is 4.91. The van der Waals surface area contributed by atoms with Crippen molar-refractivity contribution < 1.29 is 0 Å². The molecular weight excluding hydrogens is 210 g/mol. The second kappa shape index (κ2) is 3.91. The van der Waals surface area contributed by atoms with E-state index in [4.69, 9.17) is 5.73 Å². The van der Waals surface area contributed by atoms with Crippen molar-refractivity contribution in [1.82, 2.24) is 9.55 Å². The molecule has 1 atom stereocenters. The van der Waals surface area contributed by atoms with Crippen LogP contribution in [0.1, 0.15) is 19.0 Å². The fourth-order valence-electron chi connectivity index (χ4n) is 2.53. The summed E-state index contributed by atoms with van der Waals surface area (Å²) in [5.41, 5.74) is 9.21. The van der Waals surface area contributed by atoms with Gasteiger partial charge in [-0.25, -0.2) is 4.98 Å². The highest BCUT2D eigenvalue weighted by Gasteiger charge is 2.19. The zero-order valence-corrected chi connectivity index (χ0v) is 10.1. The number of aryl methyl sites for hydroxylation is 1. The molecule has 1 aliphatic heterocycles. The summed E-state index contributed by atoms with van der Waals surface area (Å²) in [6.07, 6.45) is 4.38. The Hall–Kier alpha value is -1.77. The first-order chi connectivity index (χ1) is 8.25. The molecule has 88 valence electrons. The lowest BCUT2D eigenvalue weighted by Gasteiger charge is -2.22. The molecule has 0 saturated heterocycles. The molecule has 1 unspecified atom stereocenters. The maximum atomic E-state index is 6.03. The number of para-hydroxylation sites is 1. The summed E-state index contributed by atoms with van der Waals surface area (Å²) in [6, 6.07) is 7.95. The minimum absolute atomic E-state index is 0.723. The van der Waals surface area contributed by atoms with Crippen LogP contribution in [0, 0.1) is 5.92 Å². The number of hydrogen-bond donors (Lipinski definition) is 1. The Kier molecular flexibility index (Phi) is 2.39. The minimum atomic E-state index is 0.723. The number of rotatable bonds is 1. The molecule has 2 N–H and O–H groups in total. The molecule has 0 fully saturated rings. The first-order valence-electron chi connectivity index (χ1n) is 6.15. The second-order valence-electron chi connectivity index (χ2n) is 4.91. The van der Waals surface area contributed by atoms with Crippen LogP contribution in [0.4, 0.5) is 5.69 Å². The normalized spacial score (nSPS) is 19.0. The molecular formula is C14H17N3. The molecule has 1 aliphatic rings. The number of hydrogen-bond acceptors (Lipinski definition) is 2. The van der Waals surface area contributed by atoms with Crippen LogP contribution < -0.4 is 5.73 Å². The number of benzene rings is 1. The lowest BCUT2D eigenvalue weighted by Crippen LogP contribution is -2.18. The highest BCUT2D eigenvalue weighted by Crippen LogP contribution is 2.29. The highest BCUT2D eigenvalue weighted by atomic mass is 15.1. The molecule has 0 saturated carbocycles. The third kappa shape index (κ3) is 1.71. The van der Waals surface area contributed by atoms with Gasteiger partial charge in [0.2, 0.25) is 0 Å². The molecule has 2 heterocycles. The van der Waals surface area contributed by atoms with E-state index >= 15 is 0 Å². The van der Waals surface area contributed by atoms with Crippen molar-refractivity contribution in [3.8, 4) is 11.4 Å². The Morgan fingerprint density at radius 3 is 3.00 bits per heavy atom. The van der Waals surface area contributed by atoms with E-state index in [1.54, 1.807) is 0 Å². The van der Waals surface area contributed by atoms with Crippen molar-refractivity contribution in [3.63, 3.8) is 0 Å². The predicted molar refractivity (Wildman–Crippen MR) is 69.6 cm³/mol. The van der Waals surface area contributed by atoms with E-state index in [-0.39, 0.29) is 0 Å². The van der Waals surface area contributed by atoms with Gasteiger partial charge in [-0.2, -0.15) is 0 Å². The third-order valence-electron chi connectivity index (χ3n) is 3.53. The lowest BCUT2D eigenvalue weighted by atomic mass is 10.00. The van der Waals surface area contributed by atoms with Gasteiger partial charge in [-0.3, -0.25) is 0 Å². The third-order valence-corrected chi connectivity index (χ3v) is 3.53. The van der Waals surface area contributed by atoms with Crippen LogP contribution in [0.25, 0.3) is 11.4 Å². The fraction of sp³-hybridized carbons (Fsp3) is 0.357. The van der Waals surface area contributed by atoms with Gasteiger partial charge in [0, 0.05) is 29.7 Å². The first kappa shape index (κ1) is 10.4. The molecule has 1 aromatic carbocycles. The Morgan fingerprint density at radius 1 is 1.35 bits per heavy atom. The topological polar surface area (TPSA) is 43.8 Å². The van der Waals surface area contributed by atoms with Crippen LogP contribution in [0.5, 0.6) is 0 Å². The molecule has 0 amide bonds. The summed E-state index contributed by atoms with van der Waals surface area (Å²) >= 11 is 0. The van der Waals surface area contributed by atoms with Crippen LogP contribution in [-0.2, 0) is 13.0 Å². The molecule has 3 nitrogen and oxygen atoms in total. The zero-order chi connectivity index (χ0) is 11.8. The van der Waals surface area contributed by atoms with Crippen molar-refractivity contribution in [3.05, 3.63) is 36.2 Å². The Morgan fingerprint density at radius 2 is 2.18 bits per heavy atom. The van der Waals surface area contributed by atoms with E-state index < -0.39 is 0 Å². The van der Waals surface area contributed by atoms with E-state index in [1.807, 2.05) is 30.5 Å². The van der Waals surface area contributed by atoms with Crippen LogP contribution in [0.3, 0.4) is 0 Å². The number of nitrogens with two attached hydrogens (primary N) is 1. The van der Waals surface area contributed by atoms with Crippen molar-refractivity contribution in [2.24, 2.45) is 5.92 Å². The van der Waals surface area contributed by atoms with Gasteiger partial charge in [0.15, 0.2) is 0 Å². The van der Waals surface area contributed by atoms with Crippen LogP contribution in [-0.4, -0.2) is 9.55 Å². The summed E-state index contributed by atoms with van der Waals surface area (Å²) in [7, 11) is 0. The molecule has 17 heavy (non-hydrogen) atoms. The maximum Gasteiger partial charge on any atom is 0.142 e. The molecule has 3 rings (SSSR count). The van der Waals surface area contributed by atoms with Gasteiger partial charge >= 0.3 is 0 Å². The summed E-state index contributed by atoms with van der Waals surface area (Å²) in [6.45, 7) is 3.35. The van der Waals surface area contributed by atoms with Crippen molar-refractivity contribution >= 4 is 5.69 Å². The van der Waals surface area contributed by atoms with E-state index in [9.17, 15) is 0 Å². The van der Waals surface area contributed by atoms with E-state index in [0.29, 0.717) is 0 Å². The maximum absolute atomic E-state index is 6.03. The van der Waals surface area contributed by atoms with Gasteiger partial charge in [0.1, 0.15) is 5.82 Å². The molecule has 0 spiro atoms. The number of nitrogen functional groups attached to an aromatic ring is 1.